The molecule has 0 aliphatic heterocycles. The van der Waals surface area contributed by atoms with Crippen molar-refractivity contribution in [1.82, 2.24) is 0 Å². The summed E-state index contributed by atoms with van der Waals surface area (Å²) in [5, 5.41) is 0. The second-order valence-corrected chi connectivity index (χ2v) is 6.03. The summed E-state index contributed by atoms with van der Waals surface area (Å²) in [5.74, 6) is -0.0751. The SMILES string of the molecule is Cc1ccc(C(=O)c2c(C)c(C)c(C)c(C)c2C=O)cc1C. The molecule has 0 aliphatic rings. The zero-order chi connectivity index (χ0) is 16.6. The lowest BCUT2D eigenvalue weighted by atomic mass is 9.85. The third kappa shape index (κ3) is 2.50. The van der Waals surface area contributed by atoms with Crippen LogP contribution in [0.2, 0.25) is 0 Å². The standard InChI is InChI=1S/C20H22O2/c1-11-7-8-17(9-12(11)2)20(22)19-16(6)14(4)13(3)15(5)18(19)10-21/h7-10H,1-6H3. The van der Waals surface area contributed by atoms with Crippen LogP contribution in [-0.4, -0.2) is 12.1 Å². The van der Waals surface area contributed by atoms with Crippen molar-refractivity contribution in [3.63, 3.8) is 0 Å². The van der Waals surface area contributed by atoms with Gasteiger partial charge in [-0.3, -0.25) is 9.59 Å². The van der Waals surface area contributed by atoms with Crippen LogP contribution in [0.3, 0.4) is 0 Å². The van der Waals surface area contributed by atoms with Crippen LogP contribution in [0.25, 0.3) is 0 Å². The molecule has 2 aromatic rings. The maximum Gasteiger partial charge on any atom is 0.194 e. The van der Waals surface area contributed by atoms with Gasteiger partial charge in [-0.15, -0.1) is 0 Å². The lowest BCUT2D eigenvalue weighted by molar-refractivity contribution is 0.102. The summed E-state index contributed by atoms with van der Waals surface area (Å²) in [6, 6.07) is 5.69. The van der Waals surface area contributed by atoms with Gasteiger partial charge in [0, 0.05) is 16.7 Å². The number of aldehydes is 1. The maximum atomic E-state index is 13.0. The molecule has 2 nitrogen and oxygen atoms in total. The fourth-order valence-corrected chi connectivity index (χ4v) is 2.81. The Hall–Kier alpha value is -2.22. The highest BCUT2D eigenvalue weighted by Crippen LogP contribution is 2.28. The van der Waals surface area contributed by atoms with E-state index in [9.17, 15) is 9.59 Å². The average molecular weight is 294 g/mol. The third-order valence-electron chi connectivity index (χ3n) is 4.85. The Labute approximate surface area is 132 Å². The fraction of sp³-hybridized carbons (Fsp3) is 0.300. The van der Waals surface area contributed by atoms with Gasteiger partial charge < -0.3 is 0 Å². The molecule has 0 fully saturated rings. The number of aryl methyl sites for hydroxylation is 2. The molecule has 0 aliphatic carbocycles. The van der Waals surface area contributed by atoms with Crippen LogP contribution in [-0.2, 0) is 0 Å². The van der Waals surface area contributed by atoms with E-state index in [2.05, 4.69) is 0 Å². The quantitative estimate of drug-likeness (QED) is 0.613. The van der Waals surface area contributed by atoms with Crippen LogP contribution in [0.1, 0.15) is 59.7 Å². The first kappa shape index (κ1) is 16.2. The molecule has 0 saturated carbocycles. The van der Waals surface area contributed by atoms with Crippen molar-refractivity contribution < 1.29 is 9.59 Å². The van der Waals surface area contributed by atoms with Crippen LogP contribution in [0, 0.1) is 41.5 Å². The van der Waals surface area contributed by atoms with E-state index < -0.39 is 0 Å². The highest BCUT2D eigenvalue weighted by Gasteiger charge is 2.21. The van der Waals surface area contributed by atoms with E-state index in [-0.39, 0.29) is 5.78 Å². The molecule has 0 bridgehead atoms. The van der Waals surface area contributed by atoms with Crippen LogP contribution in [0.4, 0.5) is 0 Å². The van der Waals surface area contributed by atoms with Crippen molar-refractivity contribution >= 4 is 12.1 Å². The Morgan fingerprint density at radius 1 is 0.818 bits per heavy atom. The molecule has 2 rings (SSSR count). The summed E-state index contributed by atoms with van der Waals surface area (Å²) in [6.07, 6.45) is 0.809. The molecule has 0 atom stereocenters. The van der Waals surface area contributed by atoms with E-state index in [1.165, 1.54) is 0 Å². The second kappa shape index (κ2) is 5.88. The molecule has 0 N–H and O–H groups in total. The molecule has 2 aromatic carbocycles. The van der Waals surface area contributed by atoms with E-state index in [1.807, 2.05) is 59.7 Å². The predicted octanol–water partition coefficient (Wildman–Crippen LogP) is 4.58. The fourth-order valence-electron chi connectivity index (χ4n) is 2.81. The first-order valence-corrected chi connectivity index (χ1v) is 7.47. The summed E-state index contributed by atoms with van der Waals surface area (Å²) in [4.78, 5) is 24.5. The van der Waals surface area contributed by atoms with Crippen LogP contribution < -0.4 is 0 Å². The van der Waals surface area contributed by atoms with Gasteiger partial charge in [-0.05, 0) is 81.0 Å². The molecule has 0 aromatic heterocycles. The molecule has 0 amide bonds. The van der Waals surface area contributed by atoms with E-state index in [0.717, 1.165) is 39.7 Å². The summed E-state index contributed by atoms with van der Waals surface area (Å²) in [5.41, 5.74) is 7.88. The monoisotopic (exact) mass is 294 g/mol. The molecule has 22 heavy (non-hydrogen) atoms. The zero-order valence-corrected chi connectivity index (χ0v) is 14.1. The van der Waals surface area contributed by atoms with Gasteiger partial charge in [-0.2, -0.15) is 0 Å². The van der Waals surface area contributed by atoms with Crippen LogP contribution in [0.15, 0.2) is 18.2 Å². The lowest BCUT2D eigenvalue weighted by Crippen LogP contribution is -2.12. The molecular weight excluding hydrogens is 272 g/mol. The van der Waals surface area contributed by atoms with E-state index in [0.29, 0.717) is 16.7 Å². The molecule has 0 radical (unpaired) electrons. The Morgan fingerprint density at radius 3 is 1.95 bits per heavy atom. The third-order valence-corrected chi connectivity index (χ3v) is 4.85. The Balaban J connectivity index is 2.73. The Kier molecular flexibility index (Phi) is 4.32. The summed E-state index contributed by atoms with van der Waals surface area (Å²) in [7, 11) is 0. The van der Waals surface area contributed by atoms with Gasteiger partial charge in [-0.25, -0.2) is 0 Å². The minimum Gasteiger partial charge on any atom is -0.298 e. The molecule has 2 heteroatoms. The van der Waals surface area contributed by atoms with Gasteiger partial charge in [0.1, 0.15) is 0 Å². The minimum absolute atomic E-state index is 0.0751. The van der Waals surface area contributed by atoms with Crippen molar-refractivity contribution in [2.45, 2.75) is 41.5 Å². The smallest absolute Gasteiger partial charge is 0.194 e. The van der Waals surface area contributed by atoms with Gasteiger partial charge in [0.15, 0.2) is 12.1 Å². The normalized spacial score (nSPS) is 10.6. The lowest BCUT2D eigenvalue weighted by Gasteiger charge is -2.17. The van der Waals surface area contributed by atoms with Crippen molar-refractivity contribution in [2.24, 2.45) is 0 Å². The van der Waals surface area contributed by atoms with Crippen molar-refractivity contribution in [1.29, 1.82) is 0 Å². The zero-order valence-electron chi connectivity index (χ0n) is 14.1. The van der Waals surface area contributed by atoms with Gasteiger partial charge in [0.05, 0.1) is 0 Å². The summed E-state index contributed by atoms with van der Waals surface area (Å²) in [6.45, 7) is 11.8. The molecular formula is C20H22O2. The first-order chi connectivity index (χ1) is 10.3. The molecule has 0 saturated heterocycles. The van der Waals surface area contributed by atoms with Gasteiger partial charge in [0.25, 0.3) is 0 Å². The van der Waals surface area contributed by atoms with E-state index >= 15 is 0 Å². The second-order valence-electron chi connectivity index (χ2n) is 6.03. The predicted molar refractivity (Wildman–Crippen MR) is 90.1 cm³/mol. The number of carbonyl (C=O) groups is 2. The number of ketones is 1. The van der Waals surface area contributed by atoms with Crippen molar-refractivity contribution in [2.75, 3.05) is 0 Å². The average Bonchev–Trinajstić information content (AvgIpc) is 2.50. The van der Waals surface area contributed by atoms with Crippen molar-refractivity contribution in [3.8, 4) is 0 Å². The van der Waals surface area contributed by atoms with Crippen LogP contribution in [0.5, 0.6) is 0 Å². The maximum absolute atomic E-state index is 13.0. The molecule has 0 spiro atoms. The number of hydrogen-bond donors (Lipinski definition) is 0. The number of benzene rings is 2. The molecule has 0 heterocycles. The van der Waals surface area contributed by atoms with Gasteiger partial charge in [-0.1, -0.05) is 12.1 Å². The number of carbonyl (C=O) groups excluding carboxylic acids is 2. The number of rotatable bonds is 3. The van der Waals surface area contributed by atoms with Crippen molar-refractivity contribution in [3.05, 3.63) is 68.3 Å². The van der Waals surface area contributed by atoms with Crippen LogP contribution >= 0.6 is 0 Å². The minimum atomic E-state index is -0.0751. The number of hydrogen-bond acceptors (Lipinski definition) is 2. The largest absolute Gasteiger partial charge is 0.298 e. The Morgan fingerprint density at radius 2 is 1.41 bits per heavy atom. The Bertz CT molecular complexity index is 783. The first-order valence-electron chi connectivity index (χ1n) is 7.47. The molecule has 0 unspecified atom stereocenters. The highest BCUT2D eigenvalue weighted by atomic mass is 16.1. The highest BCUT2D eigenvalue weighted by molar-refractivity contribution is 6.14. The topological polar surface area (TPSA) is 34.1 Å². The van der Waals surface area contributed by atoms with E-state index in [4.69, 9.17) is 0 Å². The summed E-state index contributed by atoms with van der Waals surface area (Å²) < 4.78 is 0. The van der Waals surface area contributed by atoms with Gasteiger partial charge in [0.2, 0.25) is 0 Å². The summed E-state index contributed by atoms with van der Waals surface area (Å²) >= 11 is 0. The van der Waals surface area contributed by atoms with E-state index in [1.54, 1.807) is 0 Å². The molecule has 114 valence electrons. The van der Waals surface area contributed by atoms with Gasteiger partial charge >= 0.3 is 0 Å².